The highest BCUT2D eigenvalue weighted by molar-refractivity contribution is 8.00. The summed E-state index contributed by atoms with van der Waals surface area (Å²) in [4.78, 5) is 32.5. The summed E-state index contributed by atoms with van der Waals surface area (Å²) in [6.45, 7) is 3.33. The number of benzene rings is 2. The lowest BCUT2D eigenvalue weighted by atomic mass is 10.1. The number of rotatable bonds is 5. The van der Waals surface area contributed by atoms with Gasteiger partial charge in [0.1, 0.15) is 5.03 Å². The van der Waals surface area contributed by atoms with E-state index in [2.05, 4.69) is 15.3 Å². The van der Waals surface area contributed by atoms with Gasteiger partial charge in [-0.1, -0.05) is 23.9 Å². The highest BCUT2D eigenvalue weighted by Gasteiger charge is 2.16. The largest absolute Gasteiger partial charge is 0.325 e. The molecular weight excluding hydrogens is 334 g/mol. The minimum absolute atomic E-state index is 0.00308. The number of Topliss-reactive ketones (excluding diaryl/α,β-unsaturated/α-hetero) is 1. The lowest BCUT2D eigenvalue weighted by molar-refractivity contribution is -0.115. The van der Waals surface area contributed by atoms with E-state index < -0.39 is 0 Å². The molecule has 1 atom stereocenters. The Labute approximate surface area is 149 Å². The van der Waals surface area contributed by atoms with Gasteiger partial charge < -0.3 is 5.32 Å². The molecule has 2 aromatic carbocycles. The molecule has 3 rings (SSSR count). The third-order valence-corrected chi connectivity index (χ3v) is 4.66. The number of para-hydroxylation sites is 2. The quantitative estimate of drug-likeness (QED) is 0.556. The number of carbonyl (C=O) groups excluding carboxylic acids is 2. The standard InChI is InChI=1S/C19H17N3O2S/c1-12(23)14-7-9-15(10-8-14)21-19(24)13(2)25-18-11-20-16-5-3-4-6-17(16)22-18/h3-11,13H,1-2H3,(H,21,24)/t13-/m0/s1. The van der Waals surface area contributed by atoms with E-state index in [9.17, 15) is 9.59 Å². The van der Waals surface area contributed by atoms with Crippen molar-refractivity contribution < 1.29 is 9.59 Å². The van der Waals surface area contributed by atoms with E-state index in [4.69, 9.17) is 0 Å². The number of ketones is 1. The van der Waals surface area contributed by atoms with Crippen LogP contribution in [0.25, 0.3) is 11.0 Å². The minimum atomic E-state index is -0.331. The molecule has 25 heavy (non-hydrogen) atoms. The van der Waals surface area contributed by atoms with E-state index in [0.29, 0.717) is 16.3 Å². The molecule has 0 spiro atoms. The van der Waals surface area contributed by atoms with E-state index in [1.165, 1.54) is 18.7 Å². The molecule has 5 nitrogen and oxygen atoms in total. The molecule has 126 valence electrons. The first-order valence-corrected chi connectivity index (χ1v) is 8.71. The molecule has 0 aliphatic rings. The molecule has 3 aromatic rings. The molecule has 0 aliphatic carbocycles. The van der Waals surface area contributed by atoms with Crippen LogP contribution in [0.3, 0.4) is 0 Å². The Kier molecular flexibility index (Phi) is 5.09. The molecule has 0 radical (unpaired) electrons. The summed E-state index contributed by atoms with van der Waals surface area (Å²) in [6.07, 6.45) is 1.68. The number of hydrogen-bond donors (Lipinski definition) is 1. The van der Waals surface area contributed by atoms with Crippen LogP contribution in [0.1, 0.15) is 24.2 Å². The van der Waals surface area contributed by atoms with Crippen molar-refractivity contribution in [3.05, 3.63) is 60.3 Å². The van der Waals surface area contributed by atoms with Crippen LogP contribution in [-0.4, -0.2) is 26.9 Å². The lowest BCUT2D eigenvalue weighted by Gasteiger charge is -2.12. The number of thioether (sulfide) groups is 1. The molecule has 0 aliphatic heterocycles. The SMILES string of the molecule is CC(=O)c1ccc(NC(=O)[C@H](C)Sc2cnc3ccccc3n2)cc1. The van der Waals surface area contributed by atoms with Crippen LogP contribution in [0.5, 0.6) is 0 Å². The summed E-state index contributed by atoms with van der Waals surface area (Å²) in [6, 6.07) is 14.5. The Morgan fingerprint density at radius 3 is 2.40 bits per heavy atom. The fraction of sp³-hybridized carbons (Fsp3) is 0.158. The smallest absolute Gasteiger partial charge is 0.237 e. The van der Waals surface area contributed by atoms with Crippen LogP contribution in [0, 0.1) is 0 Å². The molecule has 0 fully saturated rings. The Balaban J connectivity index is 1.66. The van der Waals surface area contributed by atoms with Gasteiger partial charge in [-0.3, -0.25) is 14.6 Å². The van der Waals surface area contributed by atoms with Crippen molar-refractivity contribution in [1.82, 2.24) is 9.97 Å². The maximum Gasteiger partial charge on any atom is 0.237 e. The Morgan fingerprint density at radius 1 is 1.04 bits per heavy atom. The van der Waals surface area contributed by atoms with Crippen molar-refractivity contribution in [3.63, 3.8) is 0 Å². The first-order valence-electron chi connectivity index (χ1n) is 7.83. The van der Waals surface area contributed by atoms with Gasteiger partial charge in [-0.2, -0.15) is 0 Å². The zero-order valence-electron chi connectivity index (χ0n) is 13.9. The summed E-state index contributed by atoms with van der Waals surface area (Å²) in [5, 5.41) is 3.22. The summed E-state index contributed by atoms with van der Waals surface area (Å²) in [7, 11) is 0. The predicted molar refractivity (Wildman–Crippen MR) is 99.9 cm³/mol. The average Bonchev–Trinajstić information content (AvgIpc) is 2.62. The van der Waals surface area contributed by atoms with Crippen LogP contribution in [0.4, 0.5) is 5.69 Å². The molecular formula is C19H17N3O2S. The van der Waals surface area contributed by atoms with E-state index in [-0.39, 0.29) is 16.9 Å². The van der Waals surface area contributed by atoms with Gasteiger partial charge in [0.05, 0.1) is 22.5 Å². The number of carbonyl (C=O) groups is 2. The maximum atomic E-state index is 12.4. The molecule has 0 saturated heterocycles. The second-order valence-electron chi connectivity index (χ2n) is 5.58. The zero-order chi connectivity index (χ0) is 17.8. The van der Waals surface area contributed by atoms with E-state index in [1.54, 1.807) is 30.5 Å². The van der Waals surface area contributed by atoms with Crippen molar-refractivity contribution in [2.24, 2.45) is 0 Å². The van der Waals surface area contributed by atoms with Crippen molar-refractivity contribution in [3.8, 4) is 0 Å². The van der Waals surface area contributed by atoms with Crippen molar-refractivity contribution in [2.45, 2.75) is 24.1 Å². The third kappa shape index (κ3) is 4.22. The van der Waals surface area contributed by atoms with Crippen LogP contribution in [0.15, 0.2) is 59.8 Å². The van der Waals surface area contributed by atoms with Gasteiger partial charge in [0.25, 0.3) is 0 Å². The van der Waals surface area contributed by atoms with Crippen LogP contribution >= 0.6 is 11.8 Å². The maximum absolute atomic E-state index is 12.4. The van der Waals surface area contributed by atoms with Gasteiger partial charge in [0.15, 0.2) is 5.78 Å². The molecule has 0 bridgehead atoms. The highest BCUT2D eigenvalue weighted by atomic mass is 32.2. The van der Waals surface area contributed by atoms with Gasteiger partial charge in [0, 0.05) is 11.3 Å². The molecule has 1 N–H and O–H groups in total. The van der Waals surface area contributed by atoms with Crippen molar-refractivity contribution >= 4 is 40.2 Å². The Morgan fingerprint density at radius 2 is 1.72 bits per heavy atom. The molecule has 6 heteroatoms. The third-order valence-electron chi connectivity index (χ3n) is 3.65. The van der Waals surface area contributed by atoms with Gasteiger partial charge in [-0.25, -0.2) is 4.98 Å². The summed E-state index contributed by atoms with van der Waals surface area (Å²) < 4.78 is 0. The van der Waals surface area contributed by atoms with Crippen LogP contribution in [0.2, 0.25) is 0 Å². The predicted octanol–water partition coefficient (Wildman–Crippen LogP) is 3.95. The number of fused-ring (bicyclic) bond motifs is 1. The summed E-state index contributed by atoms with van der Waals surface area (Å²) in [5.74, 6) is -0.132. The number of hydrogen-bond acceptors (Lipinski definition) is 5. The Bertz CT molecular complexity index is 925. The number of nitrogens with zero attached hydrogens (tertiary/aromatic N) is 2. The summed E-state index contributed by atoms with van der Waals surface area (Å²) >= 11 is 1.35. The normalized spacial score (nSPS) is 11.9. The molecule has 1 heterocycles. The van der Waals surface area contributed by atoms with E-state index >= 15 is 0 Å². The van der Waals surface area contributed by atoms with Gasteiger partial charge >= 0.3 is 0 Å². The fourth-order valence-electron chi connectivity index (χ4n) is 2.26. The van der Waals surface area contributed by atoms with Gasteiger partial charge in [-0.05, 0) is 50.2 Å². The number of aromatic nitrogens is 2. The molecule has 0 unspecified atom stereocenters. The van der Waals surface area contributed by atoms with Gasteiger partial charge in [-0.15, -0.1) is 0 Å². The molecule has 0 saturated carbocycles. The molecule has 1 amide bonds. The van der Waals surface area contributed by atoms with Crippen molar-refractivity contribution in [1.29, 1.82) is 0 Å². The van der Waals surface area contributed by atoms with Crippen molar-refractivity contribution in [2.75, 3.05) is 5.32 Å². The minimum Gasteiger partial charge on any atom is -0.325 e. The topological polar surface area (TPSA) is 72.0 Å². The zero-order valence-corrected chi connectivity index (χ0v) is 14.7. The molecule has 1 aromatic heterocycles. The summed E-state index contributed by atoms with van der Waals surface area (Å²) in [5.41, 5.74) is 2.91. The Hall–Kier alpha value is -2.73. The fourth-order valence-corrected chi connectivity index (χ4v) is 3.06. The number of anilines is 1. The highest BCUT2D eigenvalue weighted by Crippen LogP contribution is 2.23. The number of nitrogens with one attached hydrogen (secondary N) is 1. The van der Waals surface area contributed by atoms with E-state index in [0.717, 1.165) is 11.0 Å². The number of amides is 1. The first-order chi connectivity index (χ1) is 12.0. The van der Waals surface area contributed by atoms with Crippen LogP contribution in [-0.2, 0) is 4.79 Å². The second kappa shape index (κ2) is 7.44. The van der Waals surface area contributed by atoms with Crippen LogP contribution < -0.4 is 5.32 Å². The monoisotopic (exact) mass is 351 g/mol. The first kappa shape index (κ1) is 17.1. The second-order valence-corrected chi connectivity index (χ2v) is 6.94. The van der Waals surface area contributed by atoms with E-state index in [1.807, 2.05) is 31.2 Å². The van der Waals surface area contributed by atoms with Gasteiger partial charge in [0.2, 0.25) is 5.91 Å². The lowest BCUT2D eigenvalue weighted by Crippen LogP contribution is -2.22. The average molecular weight is 351 g/mol.